The van der Waals surface area contributed by atoms with Gasteiger partial charge in [0, 0.05) is 11.6 Å². The molecule has 1 fully saturated rings. The zero-order valence-corrected chi connectivity index (χ0v) is 9.60. The van der Waals surface area contributed by atoms with Crippen molar-refractivity contribution < 1.29 is 15.0 Å². The molecule has 2 atom stereocenters. The fraction of sp³-hybridized carbons (Fsp3) is 0.462. The SMILES string of the molecule is O=C(CNC1CCCC1O)c1ccc(O)cc1. The summed E-state index contributed by atoms with van der Waals surface area (Å²) in [6, 6.07) is 6.24. The Balaban J connectivity index is 1.87. The lowest BCUT2D eigenvalue weighted by Gasteiger charge is -2.15. The average molecular weight is 235 g/mol. The highest BCUT2D eigenvalue weighted by atomic mass is 16.3. The Morgan fingerprint density at radius 1 is 1.29 bits per heavy atom. The summed E-state index contributed by atoms with van der Waals surface area (Å²) in [6.07, 6.45) is 2.41. The van der Waals surface area contributed by atoms with Crippen LogP contribution in [0.4, 0.5) is 0 Å². The molecule has 1 aromatic carbocycles. The quantitative estimate of drug-likeness (QED) is 0.683. The number of aromatic hydroxyl groups is 1. The Bertz CT molecular complexity index is 388. The highest BCUT2D eigenvalue weighted by Gasteiger charge is 2.25. The molecule has 4 heteroatoms. The fourth-order valence-corrected chi connectivity index (χ4v) is 2.15. The van der Waals surface area contributed by atoms with E-state index in [0.29, 0.717) is 5.56 Å². The van der Waals surface area contributed by atoms with Crippen LogP contribution in [0.1, 0.15) is 29.6 Å². The molecule has 0 aliphatic heterocycles. The third-order valence-corrected chi connectivity index (χ3v) is 3.19. The van der Waals surface area contributed by atoms with Gasteiger partial charge in [0.15, 0.2) is 5.78 Å². The van der Waals surface area contributed by atoms with Crippen LogP contribution in [0.15, 0.2) is 24.3 Å². The first-order valence-electron chi connectivity index (χ1n) is 5.90. The van der Waals surface area contributed by atoms with Crippen LogP contribution in [0.2, 0.25) is 0 Å². The summed E-state index contributed by atoms with van der Waals surface area (Å²) in [4.78, 5) is 11.8. The van der Waals surface area contributed by atoms with Crippen LogP contribution in [0.5, 0.6) is 5.75 Å². The van der Waals surface area contributed by atoms with E-state index in [9.17, 15) is 9.90 Å². The normalized spacial score (nSPS) is 23.8. The summed E-state index contributed by atoms with van der Waals surface area (Å²) in [6.45, 7) is 0.229. The second kappa shape index (κ2) is 5.29. The lowest BCUT2D eigenvalue weighted by atomic mass is 10.1. The number of ketones is 1. The van der Waals surface area contributed by atoms with Crippen molar-refractivity contribution in [2.75, 3.05) is 6.54 Å². The Morgan fingerprint density at radius 2 is 2.00 bits per heavy atom. The Labute approximate surface area is 100 Å². The first-order valence-corrected chi connectivity index (χ1v) is 5.90. The van der Waals surface area contributed by atoms with Crippen molar-refractivity contribution in [1.29, 1.82) is 0 Å². The zero-order valence-electron chi connectivity index (χ0n) is 9.60. The molecule has 1 aromatic rings. The molecule has 0 radical (unpaired) electrons. The van der Waals surface area contributed by atoms with Crippen molar-refractivity contribution in [1.82, 2.24) is 5.32 Å². The van der Waals surface area contributed by atoms with Gasteiger partial charge in [0.2, 0.25) is 0 Å². The van der Waals surface area contributed by atoms with Gasteiger partial charge in [-0.1, -0.05) is 0 Å². The highest BCUT2D eigenvalue weighted by molar-refractivity contribution is 5.97. The van der Waals surface area contributed by atoms with E-state index < -0.39 is 0 Å². The van der Waals surface area contributed by atoms with Crippen molar-refractivity contribution in [2.45, 2.75) is 31.4 Å². The number of hydrogen-bond acceptors (Lipinski definition) is 4. The summed E-state index contributed by atoms with van der Waals surface area (Å²) in [7, 11) is 0. The van der Waals surface area contributed by atoms with Crippen molar-refractivity contribution in [3.05, 3.63) is 29.8 Å². The van der Waals surface area contributed by atoms with Gasteiger partial charge < -0.3 is 15.5 Å². The van der Waals surface area contributed by atoms with Crippen molar-refractivity contribution in [3.8, 4) is 5.75 Å². The number of aliphatic hydroxyl groups excluding tert-OH is 1. The monoisotopic (exact) mass is 235 g/mol. The van der Waals surface area contributed by atoms with Crippen LogP contribution in [0.25, 0.3) is 0 Å². The van der Waals surface area contributed by atoms with Gasteiger partial charge in [-0.05, 0) is 43.5 Å². The van der Waals surface area contributed by atoms with Gasteiger partial charge in [-0.2, -0.15) is 0 Å². The summed E-state index contributed by atoms with van der Waals surface area (Å²) in [5.74, 6) is 0.129. The number of carbonyl (C=O) groups excluding carboxylic acids is 1. The second-order valence-electron chi connectivity index (χ2n) is 4.46. The lowest BCUT2D eigenvalue weighted by molar-refractivity contribution is 0.0970. The van der Waals surface area contributed by atoms with E-state index in [0.717, 1.165) is 19.3 Å². The van der Waals surface area contributed by atoms with Gasteiger partial charge in [0.05, 0.1) is 12.6 Å². The number of rotatable bonds is 4. The summed E-state index contributed by atoms with van der Waals surface area (Å²) < 4.78 is 0. The first kappa shape index (κ1) is 12.1. The van der Waals surface area contributed by atoms with E-state index in [2.05, 4.69) is 5.32 Å². The van der Waals surface area contributed by atoms with E-state index >= 15 is 0 Å². The molecule has 1 saturated carbocycles. The number of nitrogens with one attached hydrogen (secondary N) is 1. The fourth-order valence-electron chi connectivity index (χ4n) is 2.15. The molecule has 0 saturated heterocycles. The molecule has 2 unspecified atom stereocenters. The number of aliphatic hydroxyl groups is 1. The molecule has 3 N–H and O–H groups in total. The third kappa shape index (κ3) is 3.05. The molecular weight excluding hydrogens is 218 g/mol. The molecule has 92 valence electrons. The predicted octanol–water partition coefficient (Wildman–Crippen LogP) is 1.08. The van der Waals surface area contributed by atoms with Crippen LogP contribution in [0.3, 0.4) is 0 Å². The summed E-state index contributed by atoms with van der Waals surface area (Å²) >= 11 is 0. The van der Waals surface area contributed by atoms with E-state index in [1.807, 2.05) is 0 Å². The van der Waals surface area contributed by atoms with E-state index in [-0.39, 0.29) is 30.2 Å². The van der Waals surface area contributed by atoms with Crippen LogP contribution < -0.4 is 5.32 Å². The molecule has 17 heavy (non-hydrogen) atoms. The molecule has 0 spiro atoms. The van der Waals surface area contributed by atoms with E-state index in [4.69, 9.17) is 5.11 Å². The Hall–Kier alpha value is -1.39. The van der Waals surface area contributed by atoms with Crippen LogP contribution >= 0.6 is 0 Å². The van der Waals surface area contributed by atoms with Gasteiger partial charge in [-0.15, -0.1) is 0 Å². The predicted molar refractivity (Wildman–Crippen MR) is 64.1 cm³/mol. The molecule has 0 heterocycles. The summed E-state index contributed by atoms with van der Waals surface area (Å²) in [5, 5.41) is 21.8. The maximum Gasteiger partial charge on any atom is 0.176 e. The second-order valence-corrected chi connectivity index (χ2v) is 4.46. The third-order valence-electron chi connectivity index (χ3n) is 3.19. The van der Waals surface area contributed by atoms with Gasteiger partial charge in [-0.25, -0.2) is 0 Å². The van der Waals surface area contributed by atoms with Crippen molar-refractivity contribution in [3.63, 3.8) is 0 Å². The number of carbonyl (C=O) groups is 1. The minimum absolute atomic E-state index is 0.0240. The topological polar surface area (TPSA) is 69.6 Å². The number of phenolic OH excluding ortho intramolecular Hbond substituents is 1. The van der Waals surface area contributed by atoms with Crippen LogP contribution in [-0.4, -0.2) is 34.7 Å². The van der Waals surface area contributed by atoms with Crippen molar-refractivity contribution >= 4 is 5.78 Å². The molecule has 0 bridgehead atoms. The maximum absolute atomic E-state index is 11.8. The van der Waals surface area contributed by atoms with Gasteiger partial charge in [0.1, 0.15) is 5.75 Å². The molecule has 0 aromatic heterocycles. The molecule has 1 aliphatic carbocycles. The minimum Gasteiger partial charge on any atom is -0.508 e. The Morgan fingerprint density at radius 3 is 2.59 bits per heavy atom. The van der Waals surface area contributed by atoms with Crippen LogP contribution in [0, 0.1) is 0 Å². The smallest absolute Gasteiger partial charge is 0.176 e. The standard InChI is InChI=1S/C13H17NO3/c15-10-6-4-9(5-7-10)13(17)8-14-11-2-1-3-12(11)16/h4-7,11-12,14-16H,1-3,8H2. The van der Waals surface area contributed by atoms with E-state index in [1.165, 1.54) is 12.1 Å². The number of phenols is 1. The van der Waals surface area contributed by atoms with Crippen molar-refractivity contribution in [2.24, 2.45) is 0 Å². The average Bonchev–Trinajstić information content (AvgIpc) is 2.73. The van der Waals surface area contributed by atoms with E-state index in [1.54, 1.807) is 12.1 Å². The van der Waals surface area contributed by atoms with Gasteiger partial charge in [0.25, 0.3) is 0 Å². The molecule has 1 aliphatic rings. The Kier molecular flexibility index (Phi) is 3.76. The molecular formula is C13H17NO3. The zero-order chi connectivity index (χ0) is 12.3. The van der Waals surface area contributed by atoms with Gasteiger partial charge in [-0.3, -0.25) is 4.79 Å². The highest BCUT2D eigenvalue weighted by Crippen LogP contribution is 2.18. The number of Topliss-reactive ketones (excluding diaryl/α,β-unsaturated/α-hetero) is 1. The molecule has 4 nitrogen and oxygen atoms in total. The number of hydrogen-bond donors (Lipinski definition) is 3. The maximum atomic E-state index is 11.8. The number of benzene rings is 1. The lowest BCUT2D eigenvalue weighted by Crippen LogP contribution is -2.38. The van der Waals surface area contributed by atoms with Gasteiger partial charge >= 0.3 is 0 Å². The van der Waals surface area contributed by atoms with Crippen LogP contribution in [-0.2, 0) is 0 Å². The minimum atomic E-state index is -0.331. The first-order chi connectivity index (χ1) is 8.16. The summed E-state index contributed by atoms with van der Waals surface area (Å²) in [5.41, 5.74) is 0.572. The molecule has 2 rings (SSSR count). The largest absolute Gasteiger partial charge is 0.508 e. The molecule has 0 amide bonds.